The van der Waals surface area contributed by atoms with Crippen LogP contribution in [0.4, 0.5) is 0 Å². The van der Waals surface area contributed by atoms with Gasteiger partial charge >= 0.3 is 5.97 Å². The van der Waals surface area contributed by atoms with Gasteiger partial charge in [-0.2, -0.15) is 0 Å². The standard InChI is InChI=1S/C18H13N3O4S/c22-17(8-14-11-26-18(20-14)12-3-1-5-19-9-12)24-10-13-7-16(25-21-13)15-4-2-6-23-15/h1-7,9,11H,8,10H2. The van der Waals surface area contributed by atoms with Crippen molar-refractivity contribution in [3.8, 4) is 22.1 Å². The third-order valence-electron chi connectivity index (χ3n) is 3.49. The Morgan fingerprint density at radius 3 is 2.96 bits per heavy atom. The number of aromatic nitrogens is 3. The van der Waals surface area contributed by atoms with Gasteiger partial charge in [0.25, 0.3) is 0 Å². The predicted molar refractivity (Wildman–Crippen MR) is 93.0 cm³/mol. The maximum Gasteiger partial charge on any atom is 0.312 e. The number of pyridine rings is 1. The molecule has 0 bridgehead atoms. The fourth-order valence-electron chi connectivity index (χ4n) is 2.28. The summed E-state index contributed by atoms with van der Waals surface area (Å²) in [5, 5.41) is 6.52. The van der Waals surface area contributed by atoms with Crippen molar-refractivity contribution in [3.63, 3.8) is 0 Å². The van der Waals surface area contributed by atoms with E-state index in [-0.39, 0.29) is 19.0 Å². The smallest absolute Gasteiger partial charge is 0.312 e. The van der Waals surface area contributed by atoms with Crippen molar-refractivity contribution in [1.29, 1.82) is 0 Å². The molecule has 8 heteroatoms. The second-order valence-corrected chi connectivity index (χ2v) is 6.24. The maximum atomic E-state index is 12.0. The van der Waals surface area contributed by atoms with Crippen LogP contribution in [0.15, 0.2) is 63.3 Å². The number of nitrogens with zero attached hydrogens (tertiary/aromatic N) is 3. The Morgan fingerprint density at radius 1 is 1.19 bits per heavy atom. The molecule has 0 aromatic carbocycles. The van der Waals surface area contributed by atoms with Gasteiger partial charge in [0.05, 0.1) is 18.4 Å². The zero-order chi connectivity index (χ0) is 17.8. The fraction of sp³-hybridized carbons (Fsp3) is 0.111. The minimum atomic E-state index is -0.379. The minimum absolute atomic E-state index is 0.0304. The van der Waals surface area contributed by atoms with Crippen LogP contribution in [-0.4, -0.2) is 21.1 Å². The van der Waals surface area contributed by atoms with E-state index in [9.17, 15) is 4.79 Å². The molecule has 4 heterocycles. The molecule has 0 amide bonds. The van der Waals surface area contributed by atoms with E-state index in [1.54, 1.807) is 36.9 Å². The van der Waals surface area contributed by atoms with Gasteiger partial charge in [-0.15, -0.1) is 11.3 Å². The van der Waals surface area contributed by atoms with Crippen molar-refractivity contribution in [3.05, 3.63) is 65.8 Å². The number of thiazole rings is 1. The van der Waals surface area contributed by atoms with Crippen LogP contribution in [0.25, 0.3) is 22.1 Å². The van der Waals surface area contributed by atoms with Crippen molar-refractivity contribution in [2.24, 2.45) is 0 Å². The number of furan rings is 1. The van der Waals surface area contributed by atoms with Crippen molar-refractivity contribution in [2.45, 2.75) is 13.0 Å². The van der Waals surface area contributed by atoms with Crippen LogP contribution < -0.4 is 0 Å². The quantitative estimate of drug-likeness (QED) is 0.479. The zero-order valence-electron chi connectivity index (χ0n) is 13.5. The lowest BCUT2D eigenvalue weighted by atomic mass is 10.3. The highest BCUT2D eigenvalue weighted by Crippen LogP contribution is 2.23. The summed E-state index contributed by atoms with van der Waals surface area (Å²) >= 11 is 1.46. The molecule has 4 aromatic rings. The van der Waals surface area contributed by atoms with Gasteiger partial charge in [0, 0.05) is 29.4 Å². The SMILES string of the molecule is O=C(Cc1csc(-c2cccnc2)n1)OCc1cc(-c2ccco2)on1. The first-order valence-electron chi connectivity index (χ1n) is 7.78. The number of esters is 1. The van der Waals surface area contributed by atoms with Crippen molar-refractivity contribution in [1.82, 2.24) is 15.1 Å². The molecule has 0 aliphatic heterocycles. The molecule has 0 N–H and O–H groups in total. The molecule has 0 saturated heterocycles. The molecule has 130 valence electrons. The summed E-state index contributed by atoms with van der Waals surface area (Å²) in [4.78, 5) is 20.5. The lowest BCUT2D eigenvalue weighted by molar-refractivity contribution is -0.144. The maximum absolute atomic E-state index is 12.0. The Kier molecular flexibility index (Phi) is 4.57. The average molecular weight is 367 g/mol. The van der Waals surface area contributed by atoms with Crippen LogP contribution in [-0.2, 0) is 22.6 Å². The number of hydrogen-bond donors (Lipinski definition) is 0. The zero-order valence-corrected chi connectivity index (χ0v) is 14.3. The number of carbonyl (C=O) groups is 1. The molecule has 0 aliphatic carbocycles. The molecular weight excluding hydrogens is 354 g/mol. The molecule has 0 fully saturated rings. The van der Waals surface area contributed by atoms with Gasteiger partial charge in [0.2, 0.25) is 5.76 Å². The molecule has 0 aliphatic rings. The summed E-state index contributed by atoms with van der Waals surface area (Å²) in [6.07, 6.45) is 5.09. The Labute approximate surface area is 152 Å². The van der Waals surface area contributed by atoms with E-state index in [1.807, 2.05) is 17.5 Å². The fourth-order valence-corrected chi connectivity index (χ4v) is 3.09. The lowest BCUT2D eigenvalue weighted by Gasteiger charge is -2.00. The monoisotopic (exact) mass is 367 g/mol. The highest BCUT2D eigenvalue weighted by molar-refractivity contribution is 7.13. The molecule has 0 radical (unpaired) electrons. The van der Waals surface area contributed by atoms with Crippen LogP contribution in [0.3, 0.4) is 0 Å². The lowest BCUT2D eigenvalue weighted by Crippen LogP contribution is -2.08. The summed E-state index contributed by atoms with van der Waals surface area (Å²) in [6.45, 7) is 0.0304. The van der Waals surface area contributed by atoms with E-state index in [2.05, 4.69) is 15.1 Å². The van der Waals surface area contributed by atoms with E-state index >= 15 is 0 Å². The minimum Gasteiger partial charge on any atom is -0.461 e. The van der Waals surface area contributed by atoms with Crippen LogP contribution >= 0.6 is 11.3 Å². The van der Waals surface area contributed by atoms with E-state index in [0.717, 1.165) is 10.6 Å². The van der Waals surface area contributed by atoms with Gasteiger partial charge in [0.15, 0.2) is 5.76 Å². The highest BCUT2D eigenvalue weighted by Gasteiger charge is 2.13. The third-order valence-corrected chi connectivity index (χ3v) is 4.43. The Bertz CT molecular complexity index is 993. The molecule has 0 saturated carbocycles. The predicted octanol–water partition coefficient (Wildman–Crippen LogP) is 3.74. The molecule has 0 unspecified atom stereocenters. The number of hydrogen-bond acceptors (Lipinski definition) is 8. The van der Waals surface area contributed by atoms with Gasteiger partial charge < -0.3 is 13.7 Å². The van der Waals surface area contributed by atoms with Crippen LogP contribution in [0.2, 0.25) is 0 Å². The van der Waals surface area contributed by atoms with E-state index in [0.29, 0.717) is 22.9 Å². The van der Waals surface area contributed by atoms with Gasteiger partial charge in [0.1, 0.15) is 17.3 Å². The van der Waals surface area contributed by atoms with Crippen molar-refractivity contribution >= 4 is 17.3 Å². The molecule has 4 rings (SSSR count). The second kappa shape index (κ2) is 7.32. The molecule has 26 heavy (non-hydrogen) atoms. The molecule has 4 aromatic heterocycles. The van der Waals surface area contributed by atoms with E-state index < -0.39 is 0 Å². The topological polar surface area (TPSA) is 91.2 Å². The summed E-state index contributed by atoms with van der Waals surface area (Å²) in [6, 6.07) is 8.97. The Balaban J connectivity index is 1.33. The Hall–Kier alpha value is -3.26. The third kappa shape index (κ3) is 3.70. The van der Waals surface area contributed by atoms with Gasteiger partial charge in [-0.3, -0.25) is 9.78 Å². The van der Waals surface area contributed by atoms with Crippen molar-refractivity contribution < 1.29 is 18.5 Å². The largest absolute Gasteiger partial charge is 0.461 e. The highest BCUT2D eigenvalue weighted by atomic mass is 32.1. The Morgan fingerprint density at radius 2 is 2.15 bits per heavy atom. The first-order chi connectivity index (χ1) is 12.8. The summed E-state index contributed by atoms with van der Waals surface area (Å²) in [7, 11) is 0. The van der Waals surface area contributed by atoms with Gasteiger partial charge in [-0.05, 0) is 24.3 Å². The van der Waals surface area contributed by atoms with Gasteiger partial charge in [-0.25, -0.2) is 4.98 Å². The average Bonchev–Trinajstić information content (AvgIpc) is 3.41. The summed E-state index contributed by atoms with van der Waals surface area (Å²) in [5.41, 5.74) is 2.10. The van der Waals surface area contributed by atoms with Gasteiger partial charge in [-0.1, -0.05) is 5.16 Å². The number of rotatable bonds is 6. The first kappa shape index (κ1) is 16.2. The van der Waals surface area contributed by atoms with Crippen LogP contribution in [0.5, 0.6) is 0 Å². The van der Waals surface area contributed by atoms with E-state index in [4.69, 9.17) is 13.7 Å². The molecule has 0 atom stereocenters. The van der Waals surface area contributed by atoms with E-state index in [1.165, 1.54) is 11.3 Å². The van der Waals surface area contributed by atoms with Crippen LogP contribution in [0, 0.1) is 0 Å². The number of ether oxygens (including phenoxy) is 1. The second-order valence-electron chi connectivity index (χ2n) is 5.38. The first-order valence-corrected chi connectivity index (χ1v) is 8.66. The molecule has 0 spiro atoms. The van der Waals surface area contributed by atoms with Crippen molar-refractivity contribution in [2.75, 3.05) is 0 Å². The summed E-state index contributed by atoms with van der Waals surface area (Å²) < 4.78 is 15.6. The summed E-state index contributed by atoms with van der Waals surface area (Å²) in [5.74, 6) is 0.678. The molecule has 7 nitrogen and oxygen atoms in total. The molecular formula is C18H13N3O4S. The normalized spacial score (nSPS) is 10.8. The van der Waals surface area contributed by atoms with Crippen LogP contribution in [0.1, 0.15) is 11.4 Å². The number of carbonyl (C=O) groups excluding carboxylic acids is 1.